The summed E-state index contributed by atoms with van der Waals surface area (Å²) in [6, 6.07) is 20.8. The first-order valence-corrected chi connectivity index (χ1v) is 14.7. The molecule has 0 spiro atoms. The Morgan fingerprint density at radius 2 is 1.81 bits per heavy atom. The van der Waals surface area contributed by atoms with E-state index in [0.717, 1.165) is 22.0 Å². The summed E-state index contributed by atoms with van der Waals surface area (Å²) >= 11 is 7.89. The fraction of sp³-hybridized carbons (Fsp3) is 0.182. The third kappa shape index (κ3) is 5.12. The van der Waals surface area contributed by atoms with Gasteiger partial charge in [-0.05, 0) is 62.2 Å². The van der Waals surface area contributed by atoms with Crippen LogP contribution in [-0.2, 0) is 16.1 Å². The Balaban J connectivity index is 1.52. The van der Waals surface area contributed by atoms with Gasteiger partial charge in [-0.3, -0.25) is 9.36 Å². The number of fused-ring (bicyclic) bond motifs is 2. The molecule has 3 aromatic carbocycles. The number of hydrogen-bond donors (Lipinski definition) is 0. The Morgan fingerprint density at radius 3 is 2.55 bits per heavy atom. The molecule has 6 nitrogen and oxygen atoms in total. The number of benzene rings is 3. The van der Waals surface area contributed by atoms with Gasteiger partial charge in [-0.2, -0.15) is 0 Å². The maximum atomic E-state index is 14.1. The zero-order valence-corrected chi connectivity index (χ0v) is 24.7. The molecule has 6 rings (SSSR count). The number of carbonyl (C=O) groups excluding carboxylic acids is 1. The van der Waals surface area contributed by atoms with Crippen LogP contribution in [0, 0.1) is 5.82 Å². The van der Waals surface area contributed by atoms with Crippen molar-refractivity contribution in [2.24, 2.45) is 4.99 Å². The number of allylic oxidation sites excluding steroid dienone is 1. The van der Waals surface area contributed by atoms with Gasteiger partial charge in [-0.1, -0.05) is 71.5 Å². The molecule has 3 heterocycles. The van der Waals surface area contributed by atoms with Gasteiger partial charge < -0.3 is 9.30 Å². The van der Waals surface area contributed by atoms with Gasteiger partial charge in [0.2, 0.25) is 0 Å². The van der Waals surface area contributed by atoms with Crippen molar-refractivity contribution in [2.75, 3.05) is 0 Å². The molecule has 42 heavy (non-hydrogen) atoms. The summed E-state index contributed by atoms with van der Waals surface area (Å²) in [5.41, 5.74) is 3.92. The van der Waals surface area contributed by atoms with Crippen molar-refractivity contribution < 1.29 is 13.9 Å². The van der Waals surface area contributed by atoms with Crippen LogP contribution in [0.2, 0.25) is 5.02 Å². The highest BCUT2D eigenvalue weighted by Crippen LogP contribution is 2.34. The van der Waals surface area contributed by atoms with Crippen LogP contribution in [0.15, 0.2) is 100 Å². The van der Waals surface area contributed by atoms with E-state index in [0.29, 0.717) is 32.2 Å². The minimum Gasteiger partial charge on any atom is -0.459 e. The highest BCUT2D eigenvalue weighted by Gasteiger charge is 2.34. The van der Waals surface area contributed by atoms with Gasteiger partial charge in [-0.25, -0.2) is 14.2 Å². The van der Waals surface area contributed by atoms with Crippen LogP contribution in [0.5, 0.6) is 0 Å². The molecule has 0 N–H and O–H groups in total. The number of para-hydroxylation sites is 1. The molecule has 0 aliphatic carbocycles. The van der Waals surface area contributed by atoms with Gasteiger partial charge in [0.05, 0.1) is 21.9 Å². The summed E-state index contributed by atoms with van der Waals surface area (Å²) in [5.74, 6) is -0.813. The van der Waals surface area contributed by atoms with Crippen LogP contribution in [-0.4, -0.2) is 21.2 Å². The number of halogens is 2. The van der Waals surface area contributed by atoms with Gasteiger partial charge in [0, 0.05) is 34.2 Å². The molecule has 1 atom stereocenters. The van der Waals surface area contributed by atoms with E-state index in [-0.39, 0.29) is 23.1 Å². The van der Waals surface area contributed by atoms with Crippen molar-refractivity contribution in [3.8, 4) is 0 Å². The molecule has 9 heteroatoms. The van der Waals surface area contributed by atoms with Crippen molar-refractivity contribution in [3.63, 3.8) is 0 Å². The number of ether oxygens (including phenoxy) is 1. The summed E-state index contributed by atoms with van der Waals surface area (Å²) in [5, 5.41) is 1.41. The van der Waals surface area contributed by atoms with E-state index in [1.165, 1.54) is 23.5 Å². The summed E-state index contributed by atoms with van der Waals surface area (Å²) in [7, 11) is 0. The number of hydrogen-bond acceptors (Lipinski definition) is 5. The summed E-state index contributed by atoms with van der Waals surface area (Å²) in [6.45, 7) is 5.85. The van der Waals surface area contributed by atoms with Crippen LogP contribution in [0.4, 0.5) is 4.39 Å². The lowest BCUT2D eigenvalue weighted by Crippen LogP contribution is -2.40. The van der Waals surface area contributed by atoms with Crippen LogP contribution in [0.25, 0.3) is 17.0 Å². The number of aromatic nitrogens is 2. The quantitative estimate of drug-likeness (QED) is 0.226. The highest BCUT2D eigenvalue weighted by atomic mass is 35.5. The molecule has 0 saturated heterocycles. The number of rotatable bonds is 6. The van der Waals surface area contributed by atoms with E-state index in [1.807, 2.05) is 48.7 Å². The fourth-order valence-corrected chi connectivity index (χ4v) is 6.58. The molecule has 1 aliphatic heterocycles. The maximum Gasteiger partial charge on any atom is 0.338 e. The van der Waals surface area contributed by atoms with Crippen LogP contribution in [0.3, 0.4) is 0 Å². The molecule has 0 amide bonds. The lowest BCUT2D eigenvalue weighted by atomic mass is 9.96. The van der Waals surface area contributed by atoms with Gasteiger partial charge in [-0.15, -0.1) is 0 Å². The van der Waals surface area contributed by atoms with E-state index in [1.54, 1.807) is 49.6 Å². The van der Waals surface area contributed by atoms with E-state index in [4.69, 9.17) is 16.3 Å². The Kier molecular flexibility index (Phi) is 7.43. The van der Waals surface area contributed by atoms with E-state index in [2.05, 4.69) is 9.56 Å². The van der Waals surface area contributed by atoms with Gasteiger partial charge >= 0.3 is 5.97 Å². The summed E-state index contributed by atoms with van der Waals surface area (Å²) in [6.07, 6.45) is 3.51. The summed E-state index contributed by atoms with van der Waals surface area (Å²) < 4.78 is 23.2. The Bertz CT molecular complexity index is 2050. The first-order chi connectivity index (χ1) is 20.2. The topological polar surface area (TPSA) is 65.6 Å². The average Bonchev–Trinajstić information content (AvgIpc) is 3.45. The number of thiazole rings is 1. The van der Waals surface area contributed by atoms with Gasteiger partial charge in [0.1, 0.15) is 11.9 Å². The highest BCUT2D eigenvalue weighted by molar-refractivity contribution is 7.07. The SMILES string of the molecule is CC1=C(C(=O)OC(C)C)C(c2ccccc2Cl)n2c(sc(=Cc3cn(Cc4ccc(F)cc4)c4ccccc34)c2=O)=N1. The zero-order valence-electron chi connectivity index (χ0n) is 23.2. The summed E-state index contributed by atoms with van der Waals surface area (Å²) in [4.78, 5) is 32.6. The molecule has 2 aromatic heterocycles. The van der Waals surface area contributed by atoms with Crippen molar-refractivity contribution in [3.05, 3.63) is 137 Å². The maximum absolute atomic E-state index is 14.1. The molecular formula is C33H27ClFN3O3S. The van der Waals surface area contributed by atoms with Crippen LogP contribution in [0.1, 0.15) is 43.5 Å². The lowest BCUT2D eigenvalue weighted by Gasteiger charge is -2.26. The van der Waals surface area contributed by atoms with Gasteiger partial charge in [0.25, 0.3) is 5.56 Å². The van der Waals surface area contributed by atoms with Crippen molar-refractivity contribution in [1.29, 1.82) is 0 Å². The van der Waals surface area contributed by atoms with Gasteiger partial charge in [0.15, 0.2) is 4.80 Å². The molecule has 212 valence electrons. The first kappa shape index (κ1) is 27.9. The van der Waals surface area contributed by atoms with Crippen molar-refractivity contribution in [1.82, 2.24) is 9.13 Å². The Hall–Kier alpha value is -4.27. The second kappa shape index (κ2) is 11.2. The predicted molar refractivity (Wildman–Crippen MR) is 164 cm³/mol. The smallest absolute Gasteiger partial charge is 0.338 e. The predicted octanol–water partition coefficient (Wildman–Crippen LogP) is 5.98. The minimum atomic E-state index is -0.789. The number of carbonyl (C=O) groups is 1. The van der Waals surface area contributed by atoms with Crippen LogP contribution >= 0.6 is 22.9 Å². The molecular weight excluding hydrogens is 573 g/mol. The first-order valence-electron chi connectivity index (χ1n) is 13.5. The van der Waals surface area contributed by atoms with Crippen LogP contribution < -0.4 is 14.9 Å². The fourth-order valence-electron chi connectivity index (χ4n) is 5.30. The van der Waals surface area contributed by atoms with E-state index < -0.39 is 12.0 Å². The second-order valence-electron chi connectivity index (χ2n) is 10.4. The number of nitrogens with zero attached hydrogens (tertiary/aromatic N) is 3. The molecule has 0 bridgehead atoms. The molecule has 1 aliphatic rings. The van der Waals surface area contributed by atoms with Crippen molar-refractivity contribution in [2.45, 2.75) is 39.5 Å². The Labute approximate surface area is 250 Å². The molecule has 0 radical (unpaired) electrons. The molecule has 0 saturated carbocycles. The molecule has 0 fully saturated rings. The Morgan fingerprint density at radius 1 is 1.10 bits per heavy atom. The monoisotopic (exact) mass is 599 g/mol. The minimum absolute atomic E-state index is 0.276. The largest absolute Gasteiger partial charge is 0.459 e. The normalized spacial score (nSPS) is 15.3. The third-order valence-electron chi connectivity index (χ3n) is 7.16. The lowest BCUT2D eigenvalue weighted by molar-refractivity contribution is -0.143. The van der Waals surface area contributed by atoms with E-state index in [9.17, 15) is 14.0 Å². The molecule has 5 aromatic rings. The second-order valence-corrected chi connectivity index (χ2v) is 11.8. The third-order valence-corrected chi connectivity index (χ3v) is 8.48. The van der Waals surface area contributed by atoms with E-state index >= 15 is 0 Å². The average molecular weight is 600 g/mol. The zero-order chi connectivity index (χ0) is 29.5. The standard InChI is InChI=1S/C33H27ClFN3O3S/c1-19(2)41-32(40)29-20(3)36-33-38(30(29)25-9-4-6-10-26(25)34)31(39)28(42-33)16-22-18-37(27-11-7-5-8-24(22)27)17-21-12-14-23(35)15-13-21/h4-16,18-19,30H,17H2,1-3H3. The number of esters is 1. The van der Waals surface area contributed by atoms with Crippen molar-refractivity contribution >= 4 is 45.9 Å². The molecule has 1 unspecified atom stereocenters.